The fraction of sp³-hybridized carbons (Fsp3) is 0.588. The van der Waals surface area contributed by atoms with E-state index < -0.39 is 15.5 Å². The fourth-order valence-electron chi connectivity index (χ4n) is 2.79. The summed E-state index contributed by atoms with van der Waals surface area (Å²) in [5.41, 5.74) is -5.26. The second-order valence-electron chi connectivity index (χ2n) is 6.46. The van der Waals surface area contributed by atoms with Crippen LogP contribution in [0.1, 0.15) is 19.8 Å². The smallest absolute Gasteiger partial charge is 0.489 e. The number of nitrogens with one attached hydrogen (secondary N) is 2. The van der Waals surface area contributed by atoms with Crippen LogP contribution in [0.5, 0.6) is 5.75 Å². The highest BCUT2D eigenvalue weighted by atomic mass is 32.2. The molecule has 2 rings (SSSR count). The van der Waals surface area contributed by atoms with Gasteiger partial charge in [0.05, 0.1) is 6.54 Å². The molecule has 0 aromatic heterocycles. The first-order valence-corrected chi connectivity index (χ1v) is 10.3. The average Bonchev–Trinajstić information content (AvgIpc) is 2.65. The first-order chi connectivity index (χ1) is 13.1. The molecular formula is C17H25F3N4O3S. The van der Waals surface area contributed by atoms with E-state index in [0.717, 1.165) is 5.75 Å². The van der Waals surface area contributed by atoms with Crippen molar-refractivity contribution in [3.63, 3.8) is 0 Å². The predicted molar refractivity (Wildman–Crippen MR) is 101 cm³/mol. The molecule has 158 valence electrons. The molecule has 1 atom stereocenters. The van der Waals surface area contributed by atoms with Gasteiger partial charge >= 0.3 is 15.5 Å². The minimum Gasteiger partial charge on any atom is -0.489 e. The Kier molecular flexibility index (Phi) is 7.53. The van der Waals surface area contributed by atoms with Crippen LogP contribution in [-0.4, -0.2) is 63.0 Å². The molecule has 1 aliphatic heterocycles. The van der Waals surface area contributed by atoms with E-state index >= 15 is 0 Å². The molecule has 0 radical (unpaired) electrons. The zero-order valence-corrected chi connectivity index (χ0v) is 16.6. The standard InChI is InChI=1S/C17H25F3N4O3S/c1-13(27-15-6-4-3-5-7-15)12-22-16(21-2)23-14-8-10-24(11-9-14)28(25,26)17(18,19)20/h3-7,13-14H,8-12H2,1-2H3,(H2,21,22,23). The summed E-state index contributed by atoms with van der Waals surface area (Å²) in [4.78, 5) is 4.10. The summed E-state index contributed by atoms with van der Waals surface area (Å²) in [5.74, 6) is 1.23. The lowest BCUT2D eigenvalue weighted by Crippen LogP contribution is -2.52. The number of aliphatic imine (C=N–C) groups is 1. The molecule has 2 N–H and O–H groups in total. The first-order valence-electron chi connectivity index (χ1n) is 8.89. The van der Waals surface area contributed by atoms with Crippen LogP contribution in [-0.2, 0) is 10.0 Å². The molecule has 1 aliphatic rings. The highest BCUT2D eigenvalue weighted by molar-refractivity contribution is 7.90. The molecule has 1 saturated heterocycles. The number of sulfonamides is 1. The normalized spacial score (nSPS) is 18.5. The van der Waals surface area contributed by atoms with Gasteiger partial charge in [0.2, 0.25) is 0 Å². The molecule has 0 saturated carbocycles. The number of hydrogen-bond donors (Lipinski definition) is 2. The van der Waals surface area contributed by atoms with Gasteiger partial charge in [-0.15, -0.1) is 0 Å². The number of alkyl halides is 3. The molecule has 28 heavy (non-hydrogen) atoms. The average molecular weight is 422 g/mol. The SMILES string of the molecule is CN=C(NCC(C)Oc1ccccc1)NC1CCN(S(=O)(=O)C(F)(F)F)CC1. The minimum absolute atomic E-state index is 0.139. The summed E-state index contributed by atoms with van der Waals surface area (Å²) < 4.78 is 67.0. The van der Waals surface area contributed by atoms with Crippen molar-refractivity contribution in [3.8, 4) is 5.75 Å². The van der Waals surface area contributed by atoms with Crippen LogP contribution in [0.25, 0.3) is 0 Å². The lowest BCUT2D eigenvalue weighted by Gasteiger charge is -2.32. The van der Waals surface area contributed by atoms with Gasteiger partial charge in [-0.1, -0.05) is 18.2 Å². The summed E-state index contributed by atoms with van der Waals surface area (Å²) in [7, 11) is -3.68. The third kappa shape index (κ3) is 5.99. The van der Waals surface area contributed by atoms with Crippen LogP contribution in [0.3, 0.4) is 0 Å². The van der Waals surface area contributed by atoms with Crippen LogP contribution in [0, 0.1) is 0 Å². The molecule has 0 amide bonds. The largest absolute Gasteiger partial charge is 0.511 e. The van der Waals surface area contributed by atoms with E-state index in [4.69, 9.17) is 4.74 Å². The van der Waals surface area contributed by atoms with Crippen LogP contribution >= 0.6 is 0 Å². The van der Waals surface area contributed by atoms with Crippen molar-refractivity contribution in [1.82, 2.24) is 14.9 Å². The van der Waals surface area contributed by atoms with E-state index in [0.29, 0.717) is 16.8 Å². The Bertz CT molecular complexity index is 749. The molecule has 0 spiro atoms. The van der Waals surface area contributed by atoms with E-state index in [2.05, 4.69) is 15.6 Å². The molecule has 0 aliphatic carbocycles. The van der Waals surface area contributed by atoms with Crippen molar-refractivity contribution in [2.45, 2.75) is 37.4 Å². The monoisotopic (exact) mass is 422 g/mol. The molecule has 1 unspecified atom stereocenters. The molecule has 1 aromatic carbocycles. The Labute approximate surface area is 163 Å². The third-order valence-corrected chi connectivity index (χ3v) is 5.92. The van der Waals surface area contributed by atoms with E-state index in [-0.39, 0.29) is 38.1 Å². The zero-order valence-electron chi connectivity index (χ0n) is 15.7. The van der Waals surface area contributed by atoms with Crippen molar-refractivity contribution in [2.24, 2.45) is 4.99 Å². The van der Waals surface area contributed by atoms with Gasteiger partial charge in [0.15, 0.2) is 5.96 Å². The Balaban J connectivity index is 1.78. The molecule has 1 aromatic rings. The summed E-state index contributed by atoms with van der Waals surface area (Å²) >= 11 is 0. The van der Waals surface area contributed by atoms with E-state index in [1.54, 1.807) is 7.05 Å². The lowest BCUT2D eigenvalue weighted by molar-refractivity contribution is -0.0494. The number of benzene rings is 1. The maximum Gasteiger partial charge on any atom is 0.511 e. The quantitative estimate of drug-likeness (QED) is 0.541. The zero-order chi connectivity index (χ0) is 20.8. The van der Waals surface area contributed by atoms with Gasteiger partial charge in [-0.05, 0) is 31.9 Å². The lowest BCUT2D eigenvalue weighted by atomic mass is 10.1. The van der Waals surface area contributed by atoms with Crippen molar-refractivity contribution in [2.75, 3.05) is 26.7 Å². The minimum atomic E-state index is -5.27. The Morgan fingerprint density at radius 3 is 2.43 bits per heavy atom. The van der Waals surface area contributed by atoms with Gasteiger partial charge in [-0.25, -0.2) is 8.42 Å². The Morgan fingerprint density at radius 2 is 1.89 bits per heavy atom. The van der Waals surface area contributed by atoms with Gasteiger partial charge in [-0.3, -0.25) is 4.99 Å². The number of para-hydroxylation sites is 1. The molecule has 0 bridgehead atoms. The fourth-order valence-corrected chi connectivity index (χ4v) is 3.77. The van der Waals surface area contributed by atoms with Crippen LogP contribution in [0.2, 0.25) is 0 Å². The molecular weight excluding hydrogens is 397 g/mol. The second kappa shape index (κ2) is 9.46. The summed E-state index contributed by atoms with van der Waals surface area (Å²) in [5, 5.41) is 6.22. The van der Waals surface area contributed by atoms with Crippen LogP contribution in [0.15, 0.2) is 35.3 Å². The highest BCUT2D eigenvalue weighted by Crippen LogP contribution is 2.28. The van der Waals surface area contributed by atoms with Crippen molar-refractivity contribution < 1.29 is 26.3 Å². The van der Waals surface area contributed by atoms with Crippen LogP contribution < -0.4 is 15.4 Å². The number of rotatable bonds is 6. The van der Waals surface area contributed by atoms with Gasteiger partial charge in [-0.2, -0.15) is 17.5 Å². The van der Waals surface area contributed by atoms with E-state index in [9.17, 15) is 21.6 Å². The molecule has 1 fully saturated rings. The molecule has 7 nitrogen and oxygen atoms in total. The summed E-state index contributed by atoms with van der Waals surface area (Å²) in [6.07, 6.45) is 0.373. The van der Waals surface area contributed by atoms with Gasteiger partial charge in [0.1, 0.15) is 11.9 Å². The van der Waals surface area contributed by atoms with E-state index in [1.807, 2.05) is 37.3 Å². The number of hydrogen-bond acceptors (Lipinski definition) is 4. The highest BCUT2D eigenvalue weighted by Gasteiger charge is 2.50. The van der Waals surface area contributed by atoms with Crippen molar-refractivity contribution in [1.29, 1.82) is 0 Å². The number of guanidine groups is 1. The van der Waals surface area contributed by atoms with Crippen molar-refractivity contribution in [3.05, 3.63) is 30.3 Å². The van der Waals surface area contributed by atoms with Gasteiger partial charge in [0.25, 0.3) is 0 Å². The predicted octanol–water partition coefficient (Wildman–Crippen LogP) is 1.93. The summed E-state index contributed by atoms with van der Waals surface area (Å²) in [6, 6.07) is 9.19. The topological polar surface area (TPSA) is 83.0 Å². The Hall–Kier alpha value is -2.01. The van der Waals surface area contributed by atoms with Crippen molar-refractivity contribution >= 4 is 16.0 Å². The van der Waals surface area contributed by atoms with Crippen LogP contribution in [0.4, 0.5) is 13.2 Å². The number of nitrogens with zero attached hydrogens (tertiary/aromatic N) is 2. The number of ether oxygens (including phenoxy) is 1. The van der Waals surface area contributed by atoms with Gasteiger partial charge in [0, 0.05) is 26.2 Å². The maximum absolute atomic E-state index is 12.6. The van der Waals surface area contributed by atoms with Gasteiger partial charge < -0.3 is 15.4 Å². The summed E-state index contributed by atoms with van der Waals surface area (Å²) in [6.45, 7) is 1.98. The number of halogens is 3. The molecule has 11 heteroatoms. The third-order valence-electron chi connectivity index (χ3n) is 4.29. The van der Waals surface area contributed by atoms with E-state index in [1.165, 1.54) is 0 Å². The number of piperidine rings is 1. The maximum atomic E-state index is 12.6. The molecule has 1 heterocycles. The first kappa shape index (κ1) is 22.3. The second-order valence-corrected chi connectivity index (χ2v) is 8.39. The Morgan fingerprint density at radius 1 is 1.29 bits per heavy atom.